The van der Waals surface area contributed by atoms with E-state index in [1.807, 2.05) is 12.1 Å². The lowest BCUT2D eigenvalue weighted by molar-refractivity contribution is 0.673. The summed E-state index contributed by atoms with van der Waals surface area (Å²) >= 11 is 3.58. The summed E-state index contributed by atoms with van der Waals surface area (Å²) in [5.41, 5.74) is 5.00. The molecule has 0 radical (unpaired) electrons. The van der Waals surface area contributed by atoms with Gasteiger partial charge in [0.1, 0.15) is 0 Å². The number of nitrogens with zero attached hydrogens (tertiary/aromatic N) is 1. The lowest BCUT2D eigenvalue weighted by Crippen LogP contribution is -1.99. The molecule has 0 aliphatic heterocycles. The topological polar surface area (TPSA) is 23.8 Å². The fourth-order valence-corrected chi connectivity index (χ4v) is 3.45. The van der Waals surface area contributed by atoms with Crippen LogP contribution in [0.2, 0.25) is 0 Å². The zero-order chi connectivity index (χ0) is 13.2. The monoisotopic (exact) mass is 311 g/mol. The van der Waals surface area contributed by atoms with Gasteiger partial charge in [0.25, 0.3) is 0 Å². The van der Waals surface area contributed by atoms with E-state index < -0.39 is 0 Å². The number of hydrogen-bond acceptors (Lipinski definition) is 1. The van der Waals surface area contributed by atoms with Gasteiger partial charge in [-0.15, -0.1) is 0 Å². The number of fused-ring (bicyclic) bond motifs is 1. The Kier molecular flexibility index (Phi) is 3.40. The molecule has 1 aliphatic rings. The highest BCUT2D eigenvalue weighted by Crippen LogP contribution is 2.36. The van der Waals surface area contributed by atoms with Crippen molar-refractivity contribution in [1.82, 2.24) is 0 Å². The smallest absolute Gasteiger partial charge is 0.0992 e. The minimum absolute atomic E-state index is 0.612. The summed E-state index contributed by atoms with van der Waals surface area (Å²) in [6, 6.07) is 16.8. The Labute approximate surface area is 122 Å². The average molecular weight is 312 g/mol. The summed E-state index contributed by atoms with van der Waals surface area (Å²) in [6.45, 7) is 0. The minimum atomic E-state index is 0.612. The van der Waals surface area contributed by atoms with Crippen LogP contribution in [0.25, 0.3) is 0 Å². The van der Waals surface area contributed by atoms with Gasteiger partial charge in [-0.3, -0.25) is 0 Å². The van der Waals surface area contributed by atoms with E-state index in [9.17, 15) is 0 Å². The van der Waals surface area contributed by atoms with E-state index in [0.29, 0.717) is 11.5 Å². The maximum atomic E-state index is 8.90. The average Bonchev–Trinajstić information content (AvgIpc) is 2.84. The van der Waals surface area contributed by atoms with Crippen LogP contribution in [-0.2, 0) is 12.8 Å². The van der Waals surface area contributed by atoms with Crippen molar-refractivity contribution in [2.45, 2.75) is 25.2 Å². The molecule has 0 N–H and O–H groups in total. The third kappa shape index (κ3) is 2.43. The van der Waals surface area contributed by atoms with E-state index in [1.54, 1.807) is 0 Å². The van der Waals surface area contributed by atoms with Gasteiger partial charge < -0.3 is 0 Å². The molecular formula is C17H14BrN. The Morgan fingerprint density at radius 1 is 1.21 bits per heavy atom. The Hall–Kier alpha value is -1.59. The van der Waals surface area contributed by atoms with E-state index in [0.717, 1.165) is 10.9 Å². The molecule has 3 rings (SSSR count). The molecule has 2 aromatic carbocycles. The first-order valence-electron chi connectivity index (χ1n) is 6.54. The van der Waals surface area contributed by atoms with Gasteiger partial charge >= 0.3 is 0 Å². The summed E-state index contributed by atoms with van der Waals surface area (Å²) < 4.78 is 1.05. The molecule has 1 aliphatic carbocycles. The Morgan fingerprint density at radius 3 is 2.84 bits per heavy atom. The van der Waals surface area contributed by atoms with Gasteiger partial charge in [-0.25, -0.2) is 0 Å². The van der Waals surface area contributed by atoms with Gasteiger partial charge in [-0.2, -0.15) is 5.26 Å². The summed E-state index contributed by atoms with van der Waals surface area (Å²) in [5, 5.41) is 8.90. The molecule has 94 valence electrons. The molecular weight excluding hydrogens is 298 g/mol. The van der Waals surface area contributed by atoms with E-state index in [2.05, 4.69) is 52.3 Å². The molecule has 0 bridgehead atoms. The minimum Gasteiger partial charge on any atom is -0.192 e. The molecule has 1 atom stereocenters. The molecule has 0 heterocycles. The van der Waals surface area contributed by atoms with Crippen LogP contribution in [0.1, 0.15) is 34.6 Å². The van der Waals surface area contributed by atoms with Crippen LogP contribution in [-0.4, -0.2) is 0 Å². The molecule has 0 saturated heterocycles. The lowest BCUT2D eigenvalue weighted by atomic mass is 9.93. The molecule has 19 heavy (non-hydrogen) atoms. The normalized spacial score (nSPS) is 16.9. The molecule has 0 spiro atoms. The van der Waals surface area contributed by atoms with Crippen LogP contribution in [0.15, 0.2) is 46.9 Å². The van der Waals surface area contributed by atoms with Crippen molar-refractivity contribution in [2.75, 3.05) is 0 Å². The molecule has 0 amide bonds. The molecule has 2 aromatic rings. The molecule has 0 aromatic heterocycles. The number of aryl methyl sites for hydroxylation is 1. The van der Waals surface area contributed by atoms with Crippen LogP contribution >= 0.6 is 15.9 Å². The van der Waals surface area contributed by atoms with Gasteiger partial charge in [0, 0.05) is 4.47 Å². The van der Waals surface area contributed by atoms with Gasteiger partial charge in [0.15, 0.2) is 0 Å². The van der Waals surface area contributed by atoms with Crippen molar-refractivity contribution in [3.8, 4) is 6.07 Å². The highest BCUT2D eigenvalue weighted by molar-refractivity contribution is 9.10. The van der Waals surface area contributed by atoms with Crippen LogP contribution < -0.4 is 0 Å². The van der Waals surface area contributed by atoms with E-state index in [-0.39, 0.29) is 0 Å². The van der Waals surface area contributed by atoms with E-state index in [4.69, 9.17) is 5.26 Å². The highest BCUT2D eigenvalue weighted by Gasteiger charge is 2.22. The van der Waals surface area contributed by atoms with Crippen LogP contribution in [0, 0.1) is 11.3 Å². The third-order valence-electron chi connectivity index (χ3n) is 3.91. The second-order valence-electron chi connectivity index (χ2n) is 5.06. The Bertz CT molecular complexity index is 655. The van der Waals surface area contributed by atoms with E-state index >= 15 is 0 Å². The molecule has 1 nitrogen and oxygen atoms in total. The first-order chi connectivity index (χ1) is 9.28. The predicted octanol–water partition coefficient (Wildman–Crippen LogP) is 4.59. The molecule has 2 heteroatoms. The molecule has 0 fully saturated rings. The molecule has 0 unspecified atom stereocenters. The summed E-state index contributed by atoms with van der Waals surface area (Å²) in [4.78, 5) is 0. The maximum Gasteiger partial charge on any atom is 0.0992 e. The van der Waals surface area contributed by atoms with Crippen LogP contribution in [0.3, 0.4) is 0 Å². The number of halogens is 1. The SMILES string of the molecule is N#Cc1ccc(C[C@H]2CCc3ccccc32)c(Br)c1. The lowest BCUT2D eigenvalue weighted by Gasteiger charge is -2.13. The van der Waals surface area contributed by atoms with Gasteiger partial charge in [-0.1, -0.05) is 46.3 Å². The van der Waals surface area contributed by atoms with E-state index in [1.165, 1.54) is 29.5 Å². The third-order valence-corrected chi connectivity index (χ3v) is 4.64. The number of nitriles is 1. The van der Waals surface area contributed by atoms with Crippen molar-refractivity contribution in [3.63, 3.8) is 0 Å². The van der Waals surface area contributed by atoms with Crippen molar-refractivity contribution in [3.05, 3.63) is 69.2 Å². The van der Waals surface area contributed by atoms with Crippen LogP contribution in [0.4, 0.5) is 0 Å². The van der Waals surface area contributed by atoms with Crippen molar-refractivity contribution in [1.29, 1.82) is 5.26 Å². The standard InChI is InChI=1S/C17H14BrN/c18-17-9-12(11-19)5-6-15(17)10-14-8-7-13-3-1-2-4-16(13)14/h1-6,9,14H,7-8,10H2/t14-/m1/s1. The number of hydrogen-bond donors (Lipinski definition) is 0. The zero-order valence-electron chi connectivity index (χ0n) is 10.6. The largest absolute Gasteiger partial charge is 0.192 e. The number of rotatable bonds is 2. The molecule has 0 saturated carbocycles. The first-order valence-corrected chi connectivity index (χ1v) is 7.33. The van der Waals surface area contributed by atoms with Gasteiger partial charge in [0.05, 0.1) is 11.6 Å². The zero-order valence-corrected chi connectivity index (χ0v) is 12.2. The van der Waals surface area contributed by atoms with Crippen molar-refractivity contribution < 1.29 is 0 Å². The highest BCUT2D eigenvalue weighted by atomic mass is 79.9. The van der Waals surface area contributed by atoms with Gasteiger partial charge in [0.2, 0.25) is 0 Å². The number of benzene rings is 2. The fourth-order valence-electron chi connectivity index (χ4n) is 2.91. The Balaban J connectivity index is 1.86. The van der Waals surface area contributed by atoms with Crippen LogP contribution in [0.5, 0.6) is 0 Å². The summed E-state index contributed by atoms with van der Waals surface area (Å²) in [5.74, 6) is 0.612. The Morgan fingerprint density at radius 2 is 2.05 bits per heavy atom. The summed E-state index contributed by atoms with van der Waals surface area (Å²) in [7, 11) is 0. The summed E-state index contributed by atoms with van der Waals surface area (Å²) in [6.07, 6.45) is 3.46. The maximum absolute atomic E-state index is 8.90. The van der Waals surface area contributed by atoms with Crippen molar-refractivity contribution in [2.24, 2.45) is 0 Å². The first kappa shape index (κ1) is 12.4. The fraction of sp³-hybridized carbons (Fsp3) is 0.235. The van der Waals surface area contributed by atoms with Crippen molar-refractivity contribution >= 4 is 15.9 Å². The second kappa shape index (κ2) is 5.19. The van der Waals surface area contributed by atoms with Gasteiger partial charge in [-0.05, 0) is 54.0 Å². The predicted molar refractivity (Wildman–Crippen MR) is 80.1 cm³/mol. The second-order valence-corrected chi connectivity index (χ2v) is 5.91. The quantitative estimate of drug-likeness (QED) is 0.795.